The molecule has 32 heavy (non-hydrogen) atoms. The summed E-state index contributed by atoms with van der Waals surface area (Å²) in [4.78, 5) is 22.7. The quantitative estimate of drug-likeness (QED) is 0.528. The number of methoxy groups -OCH3 is 1. The Bertz CT molecular complexity index is 1300. The molecule has 1 amide bonds. The van der Waals surface area contributed by atoms with Crippen LogP contribution >= 0.6 is 0 Å². The Balaban J connectivity index is 1.59. The molecule has 164 valence electrons. The van der Waals surface area contributed by atoms with Gasteiger partial charge in [0.15, 0.2) is 5.65 Å². The van der Waals surface area contributed by atoms with Crippen molar-refractivity contribution >= 4 is 22.9 Å². The SMILES string of the molecule is COC(=O)NC1CN(c2ncnc3c2c(-c2cnn(C)c2-c2ccc(C)cc2)nn3C)C1. The molecule has 0 saturated carbocycles. The van der Waals surface area contributed by atoms with Crippen molar-refractivity contribution in [2.75, 3.05) is 25.1 Å². The van der Waals surface area contributed by atoms with Gasteiger partial charge < -0.3 is 15.0 Å². The smallest absolute Gasteiger partial charge is 0.407 e. The number of carbonyl (C=O) groups excluding carboxylic acids is 1. The summed E-state index contributed by atoms with van der Waals surface area (Å²) in [5.41, 5.74) is 5.69. The summed E-state index contributed by atoms with van der Waals surface area (Å²) in [6, 6.07) is 8.37. The normalized spacial score (nSPS) is 13.9. The molecule has 3 aromatic heterocycles. The molecule has 5 rings (SSSR count). The number of nitrogens with zero attached hydrogens (tertiary/aromatic N) is 7. The van der Waals surface area contributed by atoms with Gasteiger partial charge in [0, 0.05) is 38.3 Å². The van der Waals surface area contributed by atoms with Crippen molar-refractivity contribution in [3.63, 3.8) is 0 Å². The van der Waals surface area contributed by atoms with Crippen molar-refractivity contribution in [3.8, 4) is 22.5 Å². The Labute approximate surface area is 184 Å². The lowest BCUT2D eigenvalue weighted by molar-refractivity contribution is 0.164. The fraction of sp³-hybridized carbons (Fsp3) is 0.318. The van der Waals surface area contributed by atoms with E-state index in [2.05, 4.69) is 56.5 Å². The Kier molecular flexibility index (Phi) is 4.76. The summed E-state index contributed by atoms with van der Waals surface area (Å²) in [7, 11) is 5.17. The molecule has 0 unspecified atom stereocenters. The number of hydrogen-bond donors (Lipinski definition) is 1. The van der Waals surface area contributed by atoms with Crippen LogP contribution in [0.2, 0.25) is 0 Å². The average molecular weight is 432 g/mol. The van der Waals surface area contributed by atoms with E-state index in [0.29, 0.717) is 13.1 Å². The number of nitrogens with one attached hydrogen (secondary N) is 1. The summed E-state index contributed by atoms with van der Waals surface area (Å²) < 4.78 is 8.33. The van der Waals surface area contributed by atoms with Crippen LogP contribution in [0.15, 0.2) is 36.8 Å². The van der Waals surface area contributed by atoms with E-state index in [1.165, 1.54) is 12.7 Å². The highest BCUT2D eigenvalue weighted by Crippen LogP contribution is 2.38. The number of amides is 1. The number of hydrogen-bond acceptors (Lipinski definition) is 7. The molecule has 1 fully saturated rings. The zero-order chi connectivity index (χ0) is 22.4. The second-order valence-electron chi connectivity index (χ2n) is 8.00. The molecule has 4 heterocycles. The number of aryl methyl sites for hydroxylation is 3. The predicted molar refractivity (Wildman–Crippen MR) is 120 cm³/mol. The number of anilines is 1. The number of aromatic nitrogens is 6. The number of rotatable bonds is 4. The van der Waals surface area contributed by atoms with Gasteiger partial charge in [-0.25, -0.2) is 19.4 Å². The molecule has 1 saturated heterocycles. The standard InChI is InChI=1S/C22H24N8O2/c1-13-5-7-14(8-6-13)19-16(9-25-28(19)2)18-17-20(29(3)27-18)23-12-24-21(17)30-10-15(11-30)26-22(31)32-4/h5-9,12,15H,10-11H2,1-4H3,(H,26,31). The maximum atomic E-state index is 11.5. The maximum absolute atomic E-state index is 11.5. The van der Waals surface area contributed by atoms with Crippen LogP contribution < -0.4 is 10.2 Å². The minimum atomic E-state index is -0.428. The fourth-order valence-corrected chi connectivity index (χ4v) is 4.13. The van der Waals surface area contributed by atoms with E-state index in [1.54, 1.807) is 11.0 Å². The van der Waals surface area contributed by atoms with Gasteiger partial charge >= 0.3 is 6.09 Å². The Hall–Kier alpha value is -3.95. The highest BCUT2D eigenvalue weighted by molar-refractivity contribution is 6.02. The molecule has 1 aliphatic heterocycles. The fourth-order valence-electron chi connectivity index (χ4n) is 4.13. The molecule has 10 heteroatoms. The third-order valence-corrected chi connectivity index (χ3v) is 5.81. The largest absolute Gasteiger partial charge is 0.453 e. The first-order chi connectivity index (χ1) is 15.5. The lowest BCUT2D eigenvalue weighted by Gasteiger charge is -2.40. The van der Waals surface area contributed by atoms with Gasteiger partial charge in [0.05, 0.1) is 30.4 Å². The summed E-state index contributed by atoms with van der Waals surface area (Å²) in [6.45, 7) is 3.33. The average Bonchev–Trinajstić information content (AvgIpc) is 3.31. The summed E-state index contributed by atoms with van der Waals surface area (Å²) in [5.74, 6) is 0.791. The molecule has 0 atom stereocenters. The maximum Gasteiger partial charge on any atom is 0.407 e. The first kappa shape index (κ1) is 20.0. The Morgan fingerprint density at radius 3 is 2.59 bits per heavy atom. The second kappa shape index (κ2) is 7.63. The van der Waals surface area contributed by atoms with Crippen molar-refractivity contribution in [2.24, 2.45) is 14.1 Å². The molecule has 0 aliphatic carbocycles. The number of benzene rings is 1. The van der Waals surface area contributed by atoms with Crippen LogP contribution in [0.5, 0.6) is 0 Å². The molecule has 1 N–H and O–H groups in total. The van der Waals surface area contributed by atoms with Crippen LogP contribution in [-0.2, 0) is 18.8 Å². The van der Waals surface area contributed by atoms with E-state index < -0.39 is 6.09 Å². The zero-order valence-corrected chi connectivity index (χ0v) is 18.4. The van der Waals surface area contributed by atoms with E-state index >= 15 is 0 Å². The van der Waals surface area contributed by atoms with Gasteiger partial charge in [-0.1, -0.05) is 29.8 Å². The van der Waals surface area contributed by atoms with Gasteiger partial charge in [-0.3, -0.25) is 4.68 Å². The second-order valence-corrected chi connectivity index (χ2v) is 8.00. The van der Waals surface area contributed by atoms with Crippen molar-refractivity contribution in [3.05, 3.63) is 42.4 Å². The highest BCUT2D eigenvalue weighted by atomic mass is 16.5. The first-order valence-corrected chi connectivity index (χ1v) is 10.3. The van der Waals surface area contributed by atoms with E-state index in [0.717, 1.165) is 39.4 Å². The Morgan fingerprint density at radius 2 is 1.88 bits per heavy atom. The highest BCUT2D eigenvalue weighted by Gasteiger charge is 2.32. The predicted octanol–water partition coefficient (Wildman–Crippen LogP) is 2.28. The molecule has 10 nitrogen and oxygen atoms in total. The molecule has 0 spiro atoms. The van der Waals surface area contributed by atoms with E-state index in [1.807, 2.05) is 25.0 Å². The van der Waals surface area contributed by atoms with Crippen LogP contribution in [0.3, 0.4) is 0 Å². The van der Waals surface area contributed by atoms with Crippen LogP contribution in [0.25, 0.3) is 33.5 Å². The van der Waals surface area contributed by atoms with Gasteiger partial charge in [0.2, 0.25) is 0 Å². The third kappa shape index (κ3) is 3.24. The van der Waals surface area contributed by atoms with Crippen molar-refractivity contribution in [2.45, 2.75) is 13.0 Å². The monoisotopic (exact) mass is 432 g/mol. The zero-order valence-electron chi connectivity index (χ0n) is 18.4. The number of fused-ring (bicyclic) bond motifs is 1. The number of carbonyl (C=O) groups is 1. The van der Waals surface area contributed by atoms with Gasteiger partial charge in [-0.15, -0.1) is 0 Å². The minimum absolute atomic E-state index is 0.00842. The van der Waals surface area contributed by atoms with Crippen molar-refractivity contribution in [1.82, 2.24) is 34.8 Å². The van der Waals surface area contributed by atoms with Gasteiger partial charge in [-0.05, 0) is 6.92 Å². The van der Waals surface area contributed by atoms with E-state index in [-0.39, 0.29) is 6.04 Å². The first-order valence-electron chi connectivity index (χ1n) is 10.3. The number of ether oxygens (including phenoxy) is 1. The Morgan fingerprint density at radius 1 is 1.12 bits per heavy atom. The van der Waals surface area contributed by atoms with Crippen LogP contribution in [0.4, 0.5) is 10.6 Å². The molecule has 4 aromatic rings. The van der Waals surface area contributed by atoms with Gasteiger partial charge in [-0.2, -0.15) is 10.2 Å². The summed E-state index contributed by atoms with van der Waals surface area (Å²) >= 11 is 0. The van der Waals surface area contributed by atoms with Crippen molar-refractivity contribution in [1.29, 1.82) is 0 Å². The topological polar surface area (TPSA) is 103 Å². The van der Waals surface area contributed by atoms with E-state index in [4.69, 9.17) is 9.84 Å². The van der Waals surface area contributed by atoms with Crippen LogP contribution in [0, 0.1) is 6.92 Å². The minimum Gasteiger partial charge on any atom is -0.453 e. The summed E-state index contributed by atoms with van der Waals surface area (Å²) in [6.07, 6.45) is 2.96. The van der Waals surface area contributed by atoms with Crippen LogP contribution in [0.1, 0.15) is 5.56 Å². The molecular formula is C22H24N8O2. The lowest BCUT2D eigenvalue weighted by atomic mass is 10.0. The molecular weight excluding hydrogens is 408 g/mol. The lowest BCUT2D eigenvalue weighted by Crippen LogP contribution is -2.59. The molecule has 0 radical (unpaired) electrons. The molecule has 0 bridgehead atoms. The molecule has 1 aliphatic rings. The molecule has 1 aromatic carbocycles. The van der Waals surface area contributed by atoms with Gasteiger partial charge in [0.1, 0.15) is 17.8 Å². The van der Waals surface area contributed by atoms with Crippen molar-refractivity contribution < 1.29 is 9.53 Å². The number of alkyl carbamates (subject to hydrolysis) is 1. The van der Waals surface area contributed by atoms with Gasteiger partial charge in [0.25, 0.3) is 0 Å². The third-order valence-electron chi connectivity index (χ3n) is 5.81. The van der Waals surface area contributed by atoms with Crippen LogP contribution in [-0.4, -0.2) is 61.9 Å². The van der Waals surface area contributed by atoms with E-state index in [9.17, 15) is 4.79 Å². The summed E-state index contributed by atoms with van der Waals surface area (Å²) in [5, 5.41) is 13.0.